The number of nitro benzene ring substituents is 1. The molecule has 28 heavy (non-hydrogen) atoms. The van der Waals surface area contributed by atoms with Crippen LogP contribution in [-0.4, -0.2) is 55.2 Å². The molecule has 2 rings (SSSR count). The van der Waals surface area contributed by atoms with Crippen LogP contribution in [0.2, 0.25) is 0 Å². The molecule has 0 bridgehead atoms. The van der Waals surface area contributed by atoms with Crippen molar-refractivity contribution in [1.29, 1.82) is 0 Å². The first-order valence-corrected chi connectivity index (χ1v) is 10.9. The number of rotatable bonds is 10. The Morgan fingerprint density at radius 1 is 1.21 bits per heavy atom. The second-order valence-electron chi connectivity index (χ2n) is 6.47. The van der Waals surface area contributed by atoms with Gasteiger partial charge in [-0.1, -0.05) is 18.2 Å². The van der Waals surface area contributed by atoms with E-state index in [1.54, 1.807) is 11.8 Å². The zero-order valence-electron chi connectivity index (χ0n) is 15.6. The van der Waals surface area contributed by atoms with Crippen molar-refractivity contribution >= 4 is 33.3 Å². The van der Waals surface area contributed by atoms with Crippen LogP contribution in [0.1, 0.15) is 6.42 Å². The molecule has 0 heterocycles. The monoisotopic (exact) mass is 425 g/mol. The summed E-state index contributed by atoms with van der Waals surface area (Å²) in [5.41, 5.74) is -0.176. The Labute approximate surface area is 168 Å². The number of hydrogen-bond donors (Lipinski definition) is 2. The van der Waals surface area contributed by atoms with E-state index in [1.807, 2.05) is 49.3 Å². The van der Waals surface area contributed by atoms with Crippen molar-refractivity contribution in [3.05, 3.63) is 58.6 Å². The summed E-state index contributed by atoms with van der Waals surface area (Å²) in [4.78, 5) is 13.4. The molecule has 2 aromatic rings. The highest BCUT2D eigenvalue weighted by atomic mass is 32.2. The summed E-state index contributed by atoms with van der Waals surface area (Å²) in [6, 6.07) is 13.1. The van der Waals surface area contributed by atoms with E-state index in [-0.39, 0.29) is 11.7 Å². The number of nitrogens with one attached hydrogen (secondary N) is 1. The van der Waals surface area contributed by atoms with Gasteiger partial charge < -0.3 is 10.2 Å². The van der Waals surface area contributed by atoms with Crippen LogP contribution in [0, 0.1) is 10.1 Å². The number of nitro groups is 1. The quantitative estimate of drug-likeness (QED) is 0.258. The molecule has 0 fully saturated rings. The first kappa shape index (κ1) is 22.2. The molecule has 10 heteroatoms. The molecule has 0 aromatic heterocycles. The minimum atomic E-state index is -4.51. The van der Waals surface area contributed by atoms with Gasteiger partial charge in [-0.25, -0.2) is 0 Å². The molecule has 0 aliphatic rings. The van der Waals surface area contributed by atoms with E-state index in [9.17, 15) is 18.5 Å². The maximum Gasteiger partial charge on any atom is 0.294 e. The predicted octanol–water partition coefficient (Wildman–Crippen LogP) is 3.37. The Balaban J connectivity index is 2.22. The molecule has 152 valence electrons. The van der Waals surface area contributed by atoms with Crippen LogP contribution in [-0.2, 0) is 10.1 Å². The minimum Gasteiger partial charge on any atom is -0.376 e. The van der Waals surface area contributed by atoms with Crippen molar-refractivity contribution in [3.8, 4) is 0 Å². The second-order valence-corrected chi connectivity index (χ2v) is 8.98. The number of hydrogen-bond acceptors (Lipinski definition) is 7. The van der Waals surface area contributed by atoms with E-state index in [1.165, 1.54) is 6.07 Å². The summed E-state index contributed by atoms with van der Waals surface area (Å²) in [5, 5.41) is 14.6. The van der Waals surface area contributed by atoms with E-state index >= 15 is 0 Å². The van der Waals surface area contributed by atoms with Crippen LogP contribution in [0.3, 0.4) is 0 Å². The number of nitrogens with zero attached hydrogens (tertiary/aromatic N) is 2. The summed E-state index contributed by atoms with van der Waals surface area (Å²) in [5.74, 6) is 0.676. The van der Waals surface area contributed by atoms with Gasteiger partial charge in [0.2, 0.25) is 0 Å². The summed E-state index contributed by atoms with van der Waals surface area (Å²) >= 11 is 1.63. The molecular formula is C18H23N3O5S2. The van der Waals surface area contributed by atoms with Crippen LogP contribution >= 0.6 is 11.8 Å². The Hall–Kier alpha value is -2.14. The van der Waals surface area contributed by atoms with Crippen molar-refractivity contribution in [2.24, 2.45) is 0 Å². The molecule has 0 aliphatic heterocycles. The molecule has 0 radical (unpaired) electrons. The van der Waals surface area contributed by atoms with E-state index in [0.29, 0.717) is 5.75 Å². The maximum absolute atomic E-state index is 11.4. The van der Waals surface area contributed by atoms with Gasteiger partial charge >= 0.3 is 0 Å². The van der Waals surface area contributed by atoms with Gasteiger partial charge in [0.1, 0.15) is 10.6 Å². The highest BCUT2D eigenvalue weighted by Crippen LogP contribution is 2.29. The van der Waals surface area contributed by atoms with Gasteiger partial charge in [-0.05, 0) is 51.3 Å². The molecule has 1 atom stereocenters. The molecule has 0 amide bonds. The molecule has 0 aliphatic carbocycles. The molecule has 8 nitrogen and oxygen atoms in total. The fourth-order valence-corrected chi connectivity index (χ4v) is 3.98. The summed E-state index contributed by atoms with van der Waals surface area (Å²) < 4.78 is 31.7. The van der Waals surface area contributed by atoms with Crippen LogP contribution in [0.4, 0.5) is 11.4 Å². The number of thioether (sulfide) groups is 1. The SMILES string of the molecule is CN(C)CC[C@H](CSc1ccccc1)Nc1ccc(S(=O)(=O)O)cc1[N+](=O)[O-]. The van der Waals surface area contributed by atoms with Gasteiger partial charge in [-0.2, -0.15) is 8.42 Å². The Kier molecular flexibility index (Phi) is 7.81. The van der Waals surface area contributed by atoms with Gasteiger partial charge in [-0.3, -0.25) is 14.7 Å². The third-order valence-electron chi connectivity index (χ3n) is 3.94. The summed E-state index contributed by atoms with van der Waals surface area (Å²) in [6.07, 6.45) is 0.740. The lowest BCUT2D eigenvalue weighted by Crippen LogP contribution is -2.28. The van der Waals surface area contributed by atoms with Gasteiger partial charge in [0.05, 0.1) is 4.92 Å². The van der Waals surface area contributed by atoms with Crippen LogP contribution < -0.4 is 5.32 Å². The van der Waals surface area contributed by atoms with Gasteiger partial charge in [0, 0.05) is 22.8 Å². The fourth-order valence-electron chi connectivity index (χ4n) is 2.49. The third-order valence-corrected chi connectivity index (χ3v) is 5.97. The molecular weight excluding hydrogens is 402 g/mol. The maximum atomic E-state index is 11.4. The average molecular weight is 426 g/mol. The minimum absolute atomic E-state index is 0.0807. The predicted molar refractivity (Wildman–Crippen MR) is 111 cm³/mol. The van der Waals surface area contributed by atoms with E-state index < -0.39 is 25.6 Å². The molecule has 0 spiro atoms. The van der Waals surface area contributed by atoms with Crippen molar-refractivity contribution in [1.82, 2.24) is 4.90 Å². The molecule has 0 saturated carbocycles. The van der Waals surface area contributed by atoms with Gasteiger partial charge in [0.15, 0.2) is 0 Å². The number of anilines is 1. The standard InChI is InChI=1S/C18H23N3O5S2/c1-20(2)11-10-14(13-27-15-6-4-3-5-7-15)19-17-9-8-16(28(24,25)26)12-18(17)21(22)23/h3-9,12,14,19H,10-11,13H2,1-2H3,(H,24,25,26)/t14-/m1/s1. The van der Waals surface area contributed by atoms with E-state index in [4.69, 9.17) is 4.55 Å². The first-order chi connectivity index (χ1) is 13.2. The van der Waals surface area contributed by atoms with E-state index in [0.717, 1.165) is 30.0 Å². The third kappa shape index (κ3) is 6.79. The van der Waals surface area contributed by atoms with E-state index in [2.05, 4.69) is 5.32 Å². The molecule has 0 unspecified atom stereocenters. The molecule has 0 saturated heterocycles. The van der Waals surface area contributed by atoms with Crippen molar-refractivity contribution in [3.63, 3.8) is 0 Å². The van der Waals surface area contributed by atoms with Gasteiger partial charge in [-0.15, -0.1) is 11.8 Å². The summed E-state index contributed by atoms with van der Waals surface area (Å²) in [6.45, 7) is 0.782. The number of benzene rings is 2. The van der Waals surface area contributed by atoms with Crippen molar-refractivity contribution in [2.45, 2.75) is 22.3 Å². The van der Waals surface area contributed by atoms with Crippen LogP contribution in [0.5, 0.6) is 0 Å². The van der Waals surface area contributed by atoms with Gasteiger partial charge in [0.25, 0.3) is 15.8 Å². The smallest absolute Gasteiger partial charge is 0.294 e. The first-order valence-electron chi connectivity index (χ1n) is 8.52. The highest BCUT2D eigenvalue weighted by Gasteiger charge is 2.22. The zero-order valence-corrected chi connectivity index (χ0v) is 17.2. The Morgan fingerprint density at radius 3 is 2.46 bits per heavy atom. The largest absolute Gasteiger partial charge is 0.376 e. The van der Waals surface area contributed by atoms with Crippen molar-refractivity contribution < 1.29 is 17.9 Å². The lowest BCUT2D eigenvalue weighted by atomic mass is 10.2. The summed E-state index contributed by atoms with van der Waals surface area (Å²) in [7, 11) is -0.616. The molecule has 2 aromatic carbocycles. The van der Waals surface area contributed by atoms with Crippen molar-refractivity contribution in [2.75, 3.05) is 31.7 Å². The normalized spacial score (nSPS) is 12.7. The second kappa shape index (κ2) is 9.87. The zero-order chi connectivity index (χ0) is 20.7. The fraction of sp³-hybridized carbons (Fsp3) is 0.333. The average Bonchev–Trinajstić information content (AvgIpc) is 2.63. The lowest BCUT2D eigenvalue weighted by Gasteiger charge is -2.21. The van der Waals surface area contributed by atoms with Crippen LogP contribution in [0.15, 0.2) is 58.3 Å². The Bertz CT molecular complexity index is 905. The topological polar surface area (TPSA) is 113 Å². The van der Waals surface area contributed by atoms with Crippen LogP contribution in [0.25, 0.3) is 0 Å². The Morgan fingerprint density at radius 2 is 1.89 bits per heavy atom. The lowest BCUT2D eigenvalue weighted by molar-refractivity contribution is -0.384. The molecule has 2 N–H and O–H groups in total. The highest BCUT2D eigenvalue weighted by molar-refractivity contribution is 7.99.